The van der Waals surface area contributed by atoms with Crippen molar-refractivity contribution in [2.45, 2.75) is 19.8 Å². The molecule has 0 atom stereocenters. The molecule has 3 aliphatic heterocycles. The number of piperazine rings is 1. The summed E-state index contributed by atoms with van der Waals surface area (Å²) in [7, 11) is 0. The summed E-state index contributed by atoms with van der Waals surface area (Å²) in [6.07, 6.45) is 2.24. The van der Waals surface area contributed by atoms with E-state index in [1.807, 2.05) is 9.80 Å². The van der Waals surface area contributed by atoms with Gasteiger partial charge in [-0.05, 0) is 18.8 Å². The van der Waals surface area contributed by atoms with Crippen LogP contribution in [0.5, 0.6) is 0 Å². The minimum absolute atomic E-state index is 0.206. The Kier molecular flexibility index (Phi) is 6.67. The highest BCUT2D eigenvalue weighted by atomic mass is 16.5. The van der Waals surface area contributed by atoms with Crippen molar-refractivity contribution in [1.82, 2.24) is 19.6 Å². The minimum Gasteiger partial charge on any atom is -0.379 e. The van der Waals surface area contributed by atoms with E-state index < -0.39 is 0 Å². The van der Waals surface area contributed by atoms with Gasteiger partial charge in [0.15, 0.2) is 0 Å². The van der Waals surface area contributed by atoms with Gasteiger partial charge in [0.1, 0.15) is 0 Å². The maximum atomic E-state index is 12.4. The van der Waals surface area contributed by atoms with E-state index >= 15 is 0 Å². The van der Waals surface area contributed by atoms with Gasteiger partial charge in [0, 0.05) is 52.4 Å². The number of carbonyl (C=O) groups is 2. The maximum absolute atomic E-state index is 12.4. The summed E-state index contributed by atoms with van der Waals surface area (Å²) in [5.74, 6) is 1.20. The Bertz CT molecular complexity index is 451. The maximum Gasteiger partial charge on any atom is 0.236 e. The van der Waals surface area contributed by atoms with Gasteiger partial charge in [-0.3, -0.25) is 19.4 Å². The summed E-state index contributed by atoms with van der Waals surface area (Å²) in [5, 5.41) is 0. The van der Waals surface area contributed by atoms with Gasteiger partial charge in [-0.15, -0.1) is 0 Å². The van der Waals surface area contributed by atoms with Crippen LogP contribution in [-0.2, 0) is 14.3 Å². The molecule has 3 aliphatic rings. The van der Waals surface area contributed by atoms with Gasteiger partial charge >= 0.3 is 0 Å². The molecule has 0 aliphatic carbocycles. The van der Waals surface area contributed by atoms with Crippen molar-refractivity contribution in [3.63, 3.8) is 0 Å². The molecule has 3 fully saturated rings. The highest BCUT2D eigenvalue weighted by Gasteiger charge is 2.26. The van der Waals surface area contributed by atoms with Crippen LogP contribution in [0, 0.1) is 5.92 Å². The number of hydrogen-bond acceptors (Lipinski definition) is 5. The van der Waals surface area contributed by atoms with E-state index in [1.165, 1.54) is 0 Å². The predicted molar refractivity (Wildman–Crippen MR) is 95.3 cm³/mol. The number of carbonyl (C=O) groups excluding carboxylic acids is 2. The zero-order valence-corrected chi connectivity index (χ0v) is 15.5. The lowest BCUT2D eigenvalue weighted by Crippen LogP contribution is -2.54. The van der Waals surface area contributed by atoms with E-state index in [2.05, 4.69) is 16.7 Å². The number of likely N-dealkylation sites (tertiary alicyclic amines) is 1. The van der Waals surface area contributed by atoms with Crippen molar-refractivity contribution in [3.8, 4) is 0 Å². The van der Waals surface area contributed by atoms with Gasteiger partial charge in [0.05, 0.1) is 26.3 Å². The summed E-state index contributed by atoms with van der Waals surface area (Å²) >= 11 is 0. The molecule has 0 aromatic heterocycles. The van der Waals surface area contributed by atoms with E-state index in [9.17, 15) is 9.59 Å². The largest absolute Gasteiger partial charge is 0.379 e. The second-order valence-electron chi connectivity index (χ2n) is 7.61. The molecular weight excluding hydrogens is 320 g/mol. The van der Waals surface area contributed by atoms with Gasteiger partial charge in [0.25, 0.3) is 0 Å². The Balaban J connectivity index is 1.36. The molecular formula is C18H32N4O3. The zero-order valence-electron chi connectivity index (χ0n) is 15.5. The molecule has 7 heteroatoms. The fraction of sp³-hybridized carbons (Fsp3) is 0.889. The van der Waals surface area contributed by atoms with Crippen LogP contribution < -0.4 is 0 Å². The second-order valence-corrected chi connectivity index (χ2v) is 7.61. The summed E-state index contributed by atoms with van der Waals surface area (Å²) in [6.45, 7) is 11.2. The molecule has 0 bridgehead atoms. The fourth-order valence-corrected chi connectivity index (χ4v) is 3.76. The number of amides is 2. The third-order valence-corrected chi connectivity index (χ3v) is 5.68. The molecule has 0 N–H and O–H groups in total. The van der Waals surface area contributed by atoms with E-state index in [0.29, 0.717) is 13.1 Å². The molecule has 3 heterocycles. The predicted octanol–water partition coefficient (Wildman–Crippen LogP) is -0.279. The van der Waals surface area contributed by atoms with Crippen LogP contribution in [0.25, 0.3) is 0 Å². The topological polar surface area (TPSA) is 56.3 Å². The SMILES string of the molecule is CC1CCN(C(=O)CN2CCN(C(=O)CN3CCOCC3)CC2)CC1. The van der Waals surface area contributed by atoms with Gasteiger partial charge in [-0.25, -0.2) is 0 Å². The third kappa shape index (κ3) is 5.39. The molecule has 0 saturated carbocycles. The van der Waals surface area contributed by atoms with Crippen molar-refractivity contribution in [1.29, 1.82) is 0 Å². The monoisotopic (exact) mass is 352 g/mol. The first kappa shape index (κ1) is 18.6. The van der Waals surface area contributed by atoms with E-state index in [1.54, 1.807) is 0 Å². The van der Waals surface area contributed by atoms with Crippen molar-refractivity contribution in [2.75, 3.05) is 78.7 Å². The normalized spacial score (nSPS) is 24.5. The fourth-order valence-electron chi connectivity index (χ4n) is 3.76. The first-order chi connectivity index (χ1) is 12.1. The zero-order chi connectivity index (χ0) is 17.6. The third-order valence-electron chi connectivity index (χ3n) is 5.68. The van der Waals surface area contributed by atoms with Crippen molar-refractivity contribution >= 4 is 11.8 Å². The van der Waals surface area contributed by atoms with E-state index in [-0.39, 0.29) is 11.8 Å². The van der Waals surface area contributed by atoms with Gasteiger partial charge in [-0.2, -0.15) is 0 Å². The van der Waals surface area contributed by atoms with Gasteiger partial charge in [-0.1, -0.05) is 6.92 Å². The van der Waals surface area contributed by atoms with Crippen LogP contribution in [-0.4, -0.2) is 110 Å². The van der Waals surface area contributed by atoms with Crippen molar-refractivity contribution in [2.24, 2.45) is 5.92 Å². The molecule has 25 heavy (non-hydrogen) atoms. The second kappa shape index (κ2) is 8.96. The number of rotatable bonds is 4. The highest BCUT2D eigenvalue weighted by molar-refractivity contribution is 5.79. The van der Waals surface area contributed by atoms with Crippen LogP contribution >= 0.6 is 0 Å². The molecule has 0 aromatic carbocycles. The van der Waals surface area contributed by atoms with Crippen LogP contribution in [0.2, 0.25) is 0 Å². The molecule has 142 valence electrons. The summed E-state index contributed by atoms with van der Waals surface area (Å²) in [6, 6.07) is 0. The quantitative estimate of drug-likeness (QED) is 0.697. The summed E-state index contributed by atoms with van der Waals surface area (Å²) in [5.41, 5.74) is 0. The first-order valence-electron chi connectivity index (χ1n) is 9.70. The smallest absolute Gasteiger partial charge is 0.236 e. The van der Waals surface area contributed by atoms with Crippen LogP contribution in [0.3, 0.4) is 0 Å². The molecule has 0 radical (unpaired) electrons. The molecule has 0 unspecified atom stereocenters. The number of piperidine rings is 1. The molecule has 7 nitrogen and oxygen atoms in total. The lowest BCUT2D eigenvalue weighted by molar-refractivity contribution is -0.137. The Morgan fingerprint density at radius 1 is 0.760 bits per heavy atom. The average Bonchev–Trinajstić information content (AvgIpc) is 2.63. The molecule has 2 amide bonds. The Morgan fingerprint density at radius 2 is 1.24 bits per heavy atom. The molecule has 0 aromatic rings. The van der Waals surface area contributed by atoms with Crippen molar-refractivity contribution in [3.05, 3.63) is 0 Å². The summed E-state index contributed by atoms with van der Waals surface area (Å²) < 4.78 is 5.32. The Morgan fingerprint density at radius 3 is 1.80 bits per heavy atom. The Hall–Kier alpha value is -1.18. The standard InChI is InChI=1S/C18H32N4O3/c1-16-2-4-21(5-3-16)17(23)14-19-6-8-22(9-7-19)18(24)15-20-10-12-25-13-11-20/h16H,2-15H2,1H3. The lowest BCUT2D eigenvalue weighted by Gasteiger charge is -2.37. The number of ether oxygens (including phenoxy) is 1. The minimum atomic E-state index is 0.206. The number of morpholine rings is 1. The van der Waals surface area contributed by atoms with Crippen molar-refractivity contribution < 1.29 is 14.3 Å². The molecule has 3 saturated heterocycles. The highest BCUT2D eigenvalue weighted by Crippen LogP contribution is 2.16. The number of nitrogens with zero attached hydrogens (tertiary/aromatic N) is 4. The van der Waals surface area contributed by atoms with E-state index in [0.717, 1.165) is 84.3 Å². The molecule has 0 spiro atoms. The Labute approximate surface area is 150 Å². The van der Waals surface area contributed by atoms with E-state index in [4.69, 9.17) is 4.74 Å². The van der Waals surface area contributed by atoms with Crippen LogP contribution in [0.1, 0.15) is 19.8 Å². The van der Waals surface area contributed by atoms with Crippen LogP contribution in [0.15, 0.2) is 0 Å². The lowest BCUT2D eigenvalue weighted by atomic mass is 9.99. The average molecular weight is 352 g/mol. The number of hydrogen-bond donors (Lipinski definition) is 0. The summed E-state index contributed by atoms with van der Waals surface area (Å²) in [4.78, 5) is 33.2. The van der Waals surface area contributed by atoms with Crippen LogP contribution in [0.4, 0.5) is 0 Å². The molecule has 3 rings (SSSR count). The first-order valence-corrected chi connectivity index (χ1v) is 9.70. The van der Waals surface area contributed by atoms with Gasteiger partial charge < -0.3 is 14.5 Å². The van der Waals surface area contributed by atoms with Gasteiger partial charge in [0.2, 0.25) is 11.8 Å².